The van der Waals surface area contributed by atoms with Crippen molar-refractivity contribution in [2.75, 3.05) is 32.6 Å². The van der Waals surface area contributed by atoms with E-state index in [1.807, 2.05) is 12.1 Å². The zero-order chi connectivity index (χ0) is 22.4. The van der Waals surface area contributed by atoms with Gasteiger partial charge in [-0.15, -0.1) is 0 Å². The van der Waals surface area contributed by atoms with Gasteiger partial charge in [0.1, 0.15) is 12.1 Å². The van der Waals surface area contributed by atoms with Crippen LogP contribution in [0.1, 0.15) is 55.3 Å². The van der Waals surface area contributed by atoms with Gasteiger partial charge >= 0.3 is 0 Å². The standard InChI is InChI=1S/C27H36N4O2/c1-32-24-5-3-4-21(25(24)33-2)14-31-7-6-22-23(15-31)29-17-30-26(22)28-16-27-11-18-8-19(12-27)10-20(9-18)13-27/h3-5,17-20H,6-16H2,1-2H3,(H,28,29,30). The first-order valence-corrected chi connectivity index (χ1v) is 12.6. The third-order valence-corrected chi connectivity index (χ3v) is 8.76. The number of hydrogen-bond acceptors (Lipinski definition) is 6. The highest BCUT2D eigenvalue weighted by Gasteiger charge is 2.50. The molecule has 4 aliphatic carbocycles. The van der Waals surface area contributed by atoms with E-state index in [2.05, 4.69) is 21.3 Å². The van der Waals surface area contributed by atoms with Crippen LogP contribution in [-0.4, -0.2) is 42.2 Å². The van der Waals surface area contributed by atoms with Crippen molar-refractivity contribution < 1.29 is 9.47 Å². The molecule has 0 unspecified atom stereocenters. The van der Waals surface area contributed by atoms with E-state index in [-0.39, 0.29) is 0 Å². The zero-order valence-corrected chi connectivity index (χ0v) is 20.0. The summed E-state index contributed by atoms with van der Waals surface area (Å²) in [5.41, 5.74) is 4.13. The molecular weight excluding hydrogens is 412 g/mol. The van der Waals surface area contributed by atoms with E-state index >= 15 is 0 Å². The number of hydrogen-bond donors (Lipinski definition) is 1. The molecule has 4 saturated carbocycles. The molecule has 0 amide bonds. The fourth-order valence-electron chi connectivity index (χ4n) is 7.79. The number of anilines is 1. The predicted molar refractivity (Wildman–Crippen MR) is 128 cm³/mol. The Morgan fingerprint density at radius 1 is 1.03 bits per heavy atom. The Hall–Kier alpha value is -2.34. The van der Waals surface area contributed by atoms with Gasteiger partial charge in [0.25, 0.3) is 0 Å². The molecule has 7 rings (SSSR count). The van der Waals surface area contributed by atoms with Crippen molar-refractivity contribution in [3.05, 3.63) is 41.3 Å². The van der Waals surface area contributed by atoms with Crippen LogP contribution in [0.15, 0.2) is 24.5 Å². The van der Waals surface area contributed by atoms with Crippen LogP contribution in [-0.2, 0) is 19.5 Å². The smallest absolute Gasteiger partial charge is 0.165 e. The van der Waals surface area contributed by atoms with E-state index in [1.165, 1.54) is 44.1 Å². The summed E-state index contributed by atoms with van der Waals surface area (Å²) in [6.07, 6.45) is 11.5. The van der Waals surface area contributed by atoms with Gasteiger partial charge in [-0.3, -0.25) is 4.90 Å². The molecule has 6 heteroatoms. The van der Waals surface area contributed by atoms with Gasteiger partial charge in [0.2, 0.25) is 0 Å². The molecule has 4 bridgehead atoms. The summed E-state index contributed by atoms with van der Waals surface area (Å²) in [5.74, 6) is 5.64. The van der Waals surface area contributed by atoms with Crippen LogP contribution in [0.5, 0.6) is 11.5 Å². The number of fused-ring (bicyclic) bond motifs is 1. The summed E-state index contributed by atoms with van der Waals surface area (Å²) in [5, 5.41) is 3.82. The fourth-order valence-corrected chi connectivity index (χ4v) is 7.79. The summed E-state index contributed by atoms with van der Waals surface area (Å²) in [6.45, 7) is 3.74. The number of nitrogens with zero attached hydrogens (tertiary/aromatic N) is 3. The minimum atomic E-state index is 0.510. The maximum Gasteiger partial charge on any atom is 0.165 e. The Morgan fingerprint density at radius 2 is 1.79 bits per heavy atom. The Labute approximate surface area is 197 Å². The molecule has 2 aromatic rings. The van der Waals surface area contributed by atoms with Gasteiger partial charge < -0.3 is 14.8 Å². The van der Waals surface area contributed by atoms with Crippen LogP contribution in [0.3, 0.4) is 0 Å². The molecule has 4 fully saturated rings. The number of aromatic nitrogens is 2. The number of nitrogens with one attached hydrogen (secondary N) is 1. The average molecular weight is 449 g/mol. The second kappa shape index (κ2) is 8.46. The highest BCUT2D eigenvalue weighted by molar-refractivity contribution is 5.48. The monoisotopic (exact) mass is 448 g/mol. The Kier molecular flexibility index (Phi) is 5.44. The van der Waals surface area contributed by atoms with Gasteiger partial charge in [-0.25, -0.2) is 9.97 Å². The molecule has 1 aliphatic heterocycles. The summed E-state index contributed by atoms with van der Waals surface area (Å²) in [7, 11) is 3.40. The first kappa shape index (κ1) is 21.2. The van der Waals surface area contributed by atoms with Crippen molar-refractivity contribution in [1.29, 1.82) is 0 Å². The topological polar surface area (TPSA) is 59.5 Å². The van der Waals surface area contributed by atoms with Crippen LogP contribution in [0, 0.1) is 23.2 Å². The largest absolute Gasteiger partial charge is 0.493 e. The Morgan fingerprint density at radius 3 is 2.48 bits per heavy atom. The van der Waals surface area contributed by atoms with Crippen molar-refractivity contribution in [1.82, 2.24) is 14.9 Å². The molecule has 33 heavy (non-hydrogen) atoms. The SMILES string of the molecule is COc1cccc(CN2CCc3c(ncnc3NCC34CC5CC(CC(C5)C3)C4)C2)c1OC. The molecule has 0 spiro atoms. The van der Waals surface area contributed by atoms with E-state index in [4.69, 9.17) is 14.5 Å². The average Bonchev–Trinajstić information content (AvgIpc) is 2.81. The lowest BCUT2D eigenvalue weighted by Gasteiger charge is -2.57. The van der Waals surface area contributed by atoms with Gasteiger partial charge in [0, 0.05) is 37.3 Å². The number of benzene rings is 1. The van der Waals surface area contributed by atoms with Crippen molar-refractivity contribution >= 4 is 5.82 Å². The summed E-state index contributed by atoms with van der Waals surface area (Å²) in [6, 6.07) is 6.10. The quantitative estimate of drug-likeness (QED) is 0.664. The molecule has 1 aromatic carbocycles. The fraction of sp³-hybridized carbons (Fsp3) is 0.630. The first-order chi connectivity index (χ1) is 16.1. The third kappa shape index (κ3) is 3.96. The lowest BCUT2D eigenvalue weighted by atomic mass is 9.49. The first-order valence-electron chi connectivity index (χ1n) is 12.6. The lowest BCUT2D eigenvalue weighted by Crippen LogP contribution is -2.49. The third-order valence-electron chi connectivity index (χ3n) is 8.76. The van der Waals surface area contributed by atoms with Crippen molar-refractivity contribution in [2.24, 2.45) is 23.2 Å². The number of para-hydroxylation sites is 1. The minimum absolute atomic E-state index is 0.510. The van der Waals surface area contributed by atoms with E-state index in [0.717, 1.165) is 78.9 Å². The second-order valence-corrected chi connectivity index (χ2v) is 11.0. The van der Waals surface area contributed by atoms with Gasteiger partial charge in [-0.05, 0) is 74.2 Å². The highest BCUT2D eigenvalue weighted by Crippen LogP contribution is 2.60. The Bertz CT molecular complexity index is 988. The zero-order valence-electron chi connectivity index (χ0n) is 20.0. The lowest BCUT2D eigenvalue weighted by molar-refractivity contribution is -0.0444. The van der Waals surface area contributed by atoms with Gasteiger partial charge in [-0.1, -0.05) is 12.1 Å². The van der Waals surface area contributed by atoms with Crippen LogP contribution in [0.2, 0.25) is 0 Å². The van der Waals surface area contributed by atoms with E-state index < -0.39 is 0 Å². The van der Waals surface area contributed by atoms with Crippen molar-refractivity contribution in [2.45, 2.75) is 58.0 Å². The molecule has 0 saturated heterocycles. The minimum Gasteiger partial charge on any atom is -0.493 e. The summed E-state index contributed by atoms with van der Waals surface area (Å²) >= 11 is 0. The molecule has 2 heterocycles. The van der Waals surface area contributed by atoms with E-state index in [9.17, 15) is 0 Å². The molecule has 6 nitrogen and oxygen atoms in total. The predicted octanol–water partition coefficient (Wildman–Crippen LogP) is 4.68. The molecule has 1 aromatic heterocycles. The van der Waals surface area contributed by atoms with Crippen LogP contribution in [0.4, 0.5) is 5.82 Å². The molecule has 5 aliphatic rings. The highest BCUT2D eigenvalue weighted by atomic mass is 16.5. The maximum absolute atomic E-state index is 5.64. The second-order valence-electron chi connectivity index (χ2n) is 11.0. The van der Waals surface area contributed by atoms with Gasteiger partial charge in [0.15, 0.2) is 11.5 Å². The van der Waals surface area contributed by atoms with Crippen LogP contribution in [0.25, 0.3) is 0 Å². The normalized spacial score (nSPS) is 30.2. The summed E-state index contributed by atoms with van der Waals surface area (Å²) < 4.78 is 11.1. The Balaban J connectivity index is 1.15. The summed E-state index contributed by atoms with van der Waals surface area (Å²) in [4.78, 5) is 11.8. The molecule has 0 radical (unpaired) electrons. The molecule has 0 atom stereocenters. The van der Waals surface area contributed by atoms with Gasteiger partial charge in [-0.2, -0.15) is 0 Å². The van der Waals surface area contributed by atoms with E-state index in [0.29, 0.717) is 5.41 Å². The van der Waals surface area contributed by atoms with Crippen LogP contribution >= 0.6 is 0 Å². The molecular formula is C27H36N4O2. The van der Waals surface area contributed by atoms with Crippen LogP contribution < -0.4 is 14.8 Å². The maximum atomic E-state index is 5.64. The number of ether oxygens (including phenoxy) is 2. The van der Waals surface area contributed by atoms with Crippen molar-refractivity contribution in [3.63, 3.8) is 0 Å². The number of rotatable bonds is 7. The van der Waals surface area contributed by atoms with Crippen molar-refractivity contribution in [3.8, 4) is 11.5 Å². The molecule has 176 valence electrons. The molecule has 1 N–H and O–H groups in total. The number of methoxy groups -OCH3 is 2. The van der Waals surface area contributed by atoms with E-state index in [1.54, 1.807) is 20.5 Å². The van der Waals surface area contributed by atoms with Gasteiger partial charge in [0.05, 0.1) is 19.9 Å².